The maximum Gasteiger partial charge on any atom is 0.211 e. The van der Waals surface area contributed by atoms with E-state index in [4.69, 9.17) is 10.1 Å². The molecular weight excluding hydrogens is 360 g/mol. The Balaban J connectivity index is 1.87. The Morgan fingerprint density at radius 2 is 2.00 bits per heavy atom. The fourth-order valence-corrected chi connectivity index (χ4v) is 4.21. The van der Waals surface area contributed by atoms with Gasteiger partial charge in [0.1, 0.15) is 0 Å². The van der Waals surface area contributed by atoms with Crippen molar-refractivity contribution in [3.63, 3.8) is 0 Å². The first-order valence-electron chi connectivity index (χ1n) is 8.25. The molecule has 0 saturated heterocycles. The summed E-state index contributed by atoms with van der Waals surface area (Å²) >= 11 is 3.30. The molecule has 0 amide bonds. The Kier molecular flexibility index (Phi) is 4.69. The van der Waals surface area contributed by atoms with E-state index in [9.17, 15) is 0 Å². The molecule has 26 heavy (non-hydrogen) atoms. The highest BCUT2D eigenvalue weighted by Gasteiger charge is 2.09. The molecule has 3 aromatic heterocycles. The lowest BCUT2D eigenvalue weighted by Crippen LogP contribution is -2.11. The highest BCUT2D eigenvalue weighted by molar-refractivity contribution is 7.14. The number of benzene rings is 1. The van der Waals surface area contributed by atoms with Crippen LogP contribution in [-0.4, -0.2) is 15.9 Å². The molecule has 0 aliphatic carbocycles. The third-order valence-electron chi connectivity index (χ3n) is 3.97. The quantitative estimate of drug-likeness (QED) is 0.466. The minimum absolute atomic E-state index is 0.852. The molecule has 0 radical (unpaired) electrons. The molecule has 6 heteroatoms. The molecule has 0 atom stereocenters. The average Bonchev–Trinajstić information content (AvgIpc) is 3.37. The van der Waals surface area contributed by atoms with Crippen LogP contribution >= 0.6 is 22.7 Å². The van der Waals surface area contributed by atoms with Crippen LogP contribution in [0.15, 0.2) is 69.5 Å². The molecule has 4 aromatic rings. The molecule has 0 bridgehead atoms. The van der Waals surface area contributed by atoms with Crippen LogP contribution in [-0.2, 0) is 0 Å². The van der Waals surface area contributed by atoms with Gasteiger partial charge in [0.2, 0.25) is 4.80 Å². The van der Waals surface area contributed by atoms with Crippen LogP contribution in [0.25, 0.3) is 10.6 Å². The van der Waals surface area contributed by atoms with Gasteiger partial charge in [0.15, 0.2) is 0 Å². The molecule has 0 aliphatic rings. The first-order chi connectivity index (χ1) is 12.7. The van der Waals surface area contributed by atoms with E-state index in [2.05, 4.69) is 59.9 Å². The summed E-state index contributed by atoms with van der Waals surface area (Å²) in [7, 11) is 0. The fourth-order valence-electron chi connectivity index (χ4n) is 2.57. The third-order valence-corrected chi connectivity index (χ3v) is 5.68. The number of aryl methyl sites for hydroxylation is 2. The summed E-state index contributed by atoms with van der Waals surface area (Å²) in [5.41, 5.74) is 5.34. The number of nitrogens with one attached hydrogen (secondary N) is 1. The predicted molar refractivity (Wildman–Crippen MR) is 111 cm³/mol. The minimum Gasteiger partial charge on any atom is -0.360 e. The van der Waals surface area contributed by atoms with E-state index in [1.165, 1.54) is 10.4 Å². The molecule has 130 valence electrons. The van der Waals surface area contributed by atoms with Gasteiger partial charge in [0, 0.05) is 11.6 Å². The molecule has 1 N–H and O–H groups in total. The lowest BCUT2D eigenvalue weighted by atomic mass is 10.1. The Labute approximate surface area is 159 Å². The predicted octanol–water partition coefficient (Wildman–Crippen LogP) is 5.34. The molecule has 0 saturated carbocycles. The van der Waals surface area contributed by atoms with Crippen LogP contribution in [0, 0.1) is 13.8 Å². The van der Waals surface area contributed by atoms with E-state index >= 15 is 0 Å². The van der Waals surface area contributed by atoms with Crippen LogP contribution in [0.3, 0.4) is 0 Å². The number of rotatable bonds is 4. The van der Waals surface area contributed by atoms with E-state index in [0.29, 0.717) is 0 Å². The Morgan fingerprint density at radius 3 is 2.77 bits per heavy atom. The van der Waals surface area contributed by atoms with Gasteiger partial charge in [-0.15, -0.1) is 22.7 Å². The molecule has 0 aliphatic heterocycles. The van der Waals surface area contributed by atoms with Gasteiger partial charge in [0.05, 0.1) is 28.2 Å². The number of aromatic amines is 1. The summed E-state index contributed by atoms with van der Waals surface area (Å²) in [5.74, 6) is 0. The van der Waals surface area contributed by atoms with Gasteiger partial charge in [-0.1, -0.05) is 18.2 Å². The van der Waals surface area contributed by atoms with Crippen LogP contribution in [0.2, 0.25) is 0 Å². The van der Waals surface area contributed by atoms with Crippen molar-refractivity contribution in [1.82, 2.24) is 9.66 Å². The summed E-state index contributed by atoms with van der Waals surface area (Å²) < 4.78 is 1.92. The van der Waals surface area contributed by atoms with Gasteiger partial charge in [0.25, 0.3) is 0 Å². The zero-order chi connectivity index (χ0) is 17.9. The van der Waals surface area contributed by atoms with E-state index < -0.39 is 0 Å². The maximum absolute atomic E-state index is 4.89. The Hall–Kier alpha value is -2.70. The minimum atomic E-state index is 0.852. The molecular formula is C20H18N4S2. The molecule has 4 nitrogen and oxygen atoms in total. The highest BCUT2D eigenvalue weighted by Crippen LogP contribution is 2.26. The molecule has 4 rings (SSSR count). The molecule has 0 unspecified atom stereocenters. The second-order valence-corrected chi connectivity index (χ2v) is 7.75. The maximum atomic E-state index is 4.89. The standard InChI is InChI=1S/C20H18N4S2/c1-14-7-8-15(2)17(11-14)23-20-24(22-12-16-5-3-9-21-16)18(13-26-20)19-6-4-10-25-19/h3-13,21H,1-2H3. The van der Waals surface area contributed by atoms with Crippen LogP contribution in [0.5, 0.6) is 0 Å². The lowest BCUT2D eigenvalue weighted by molar-refractivity contribution is 0.855. The van der Waals surface area contributed by atoms with E-state index in [1.54, 1.807) is 22.7 Å². The number of hydrogen-bond donors (Lipinski definition) is 1. The van der Waals surface area contributed by atoms with E-state index in [0.717, 1.165) is 27.4 Å². The van der Waals surface area contributed by atoms with E-state index in [-0.39, 0.29) is 0 Å². The first kappa shape index (κ1) is 16.8. The number of hydrogen-bond acceptors (Lipinski definition) is 4. The Morgan fingerprint density at radius 1 is 1.08 bits per heavy atom. The Bertz CT molecular complexity index is 1100. The summed E-state index contributed by atoms with van der Waals surface area (Å²) in [6.45, 7) is 4.17. The fraction of sp³-hybridized carbons (Fsp3) is 0.100. The van der Waals surface area contributed by atoms with Crippen molar-refractivity contribution in [1.29, 1.82) is 0 Å². The summed E-state index contributed by atoms with van der Waals surface area (Å²) in [5, 5.41) is 8.89. The summed E-state index contributed by atoms with van der Waals surface area (Å²) in [6, 6.07) is 14.4. The summed E-state index contributed by atoms with van der Waals surface area (Å²) in [6.07, 6.45) is 3.72. The number of nitrogens with zero attached hydrogens (tertiary/aromatic N) is 3. The zero-order valence-corrected chi connectivity index (χ0v) is 16.1. The first-order valence-corrected chi connectivity index (χ1v) is 10.0. The van der Waals surface area contributed by atoms with Gasteiger partial charge in [-0.3, -0.25) is 0 Å². The largest absolute Gasteiger partial charge is 0.360 e. The highest BCUT2D eigenvalue weighted by atomic mass is 32.1. The van der Waals surface area contributed by atoms with Gasteiger partial charge >= 0.3 is 0 Å². The normalized spacial score (nSPS) is 12.3. The van der Waals surface area contributed by atoms with Crippen molar-refractivity contribution in [2.75, 3.05) is 0 Å². The van der Waals surface area contributed by atoms with Gasteiger partial charge < -0.3 is 4.98 Å². The van der Waals surface area contributed by atoms with Gasteiger partial charge in [-0.25, -0.2) is 9.67 Å². The van der Waals surface area contributed by atoms with Crippen molar-refractivity contribution >= 4 is 34.6 Å². The average molecular weight is 379 g/mol. The number of thiophene rings is 1. The summed E-state index contributed by atoms with van der Waals surface area (Å²) in [4.78, 5) is 10.1. The van der Waals surface area contributed by atoms with Crippen LogP contribution in [0.1, 0.15) is 16.8 Å². The monoisotopic (exact) mass is 378 g/mol. The second kappa shape index (κ2) is 7.27. The van der Waals surface area contributed by atoms with Crippen LogP contribution < -0.4 is 4.80 Å². The number of thiazole rings is 1. The molecule has 0 fully saturated rings. The van der Waals surface area contributed by atoms with Crippen molar-refractivity contribution in [2.45, 2.75) is 13.8 Å². The lowest BCUT2D eigenvalue weighted by Gasteiger charge is -2.03. The van der Waals surface area contributed by atoms with E-state index in [1.807, 2.05) is 29.2 Å². The molecule has 3 heterocycles. The SMILES string of the molecule is Cc1ccc(C)c(N=c2scc(-c3cccs3)n2N=Cc2ccc[nH]2)c1. The number of aromatic nitrogens is 2. The second-order valence-electron chi connectivity index (χ2n) is 5.96. The van der Waals surface area contributed by atoms with Crippen molar-refractivity contribution in [2.24, 2.45) is 10.1 Å². The number of H-pyrrole nitrogens is 1. The smallest absolute Gasteiger partial charge is 0.211 e. The topological polar surface area (TPSA) is 45.4 Å². The molecule has 1 aromatic carbocycles. The van der Waals surface area contributed by atoms with Crippen molar-refractivity contribution < 1.29 is 0 Å². The van der Waals surface area contributed by atoms with Crippen LogP contribution in [0.4, 0.5) is 5.69 Å². The molecule has 0 spiro atoms. The zero-order valence-electron chi connectivity index (χ0n) is 14.5. The van der Waals surface area contributed by atoms with Gasteiger partial charge in [-0.2, -0.15) is 5.10 Å². The van der Waals surface area contributed by atoms with Crippen molar-refractivity contribution in [3.05, 3.63) is 81.0 Å². The van der Waals surface area contributed by atoms with Crippen molar-refractivity contribution in [3.8, 4) is 10.6 Å². The third kappa shape index (κ3) is 3.47. The van der Waals surface area contributed by atoms with Gasteiger partial charge in [-0.05, 0) is 54.6 Å².